The standard InChI is InChI=1S/C18H21NO/c20-17-10-8-14(9-11-17)18-7-2-1-5-15(18)13-16-6-3-4-12-19-16/h1-2,5,7-11,16,19-20H,3-4,6,12-13H2. The van der Waals surface area contributed by atoms with E-state index in [1.165, 1.54) is 36.0 Å². The highest BCUT2D eigenvalue weighted by molar-refractivity contribution is 5.68. The van der Waals surface area contributed by atoms with Crippen LogP contribution >= 0.6 is 0 Å². The molecule has 1 aliphatic heterocycles. The van der Waals surface area contributed by atoms with E-state index < -0.39 is 0 Å². The lowest BCUT2D eigenvalue weighted by Gasteiger charge is -2.24. The highest BCUT2D eigenvalue weighted by atomic mass is 16.3. The van der Waals surface area contributed by atoms with Gasteiger partial charge in [-0.3, -0.25) is 0 Å². The second-order valence-corrected chi connectivity index (χ2v) is 5.55. The molecule has 1 heterocycles. The maximum Gasteiger partial charge on any atom is 0.115 e. The number of aromatic hydroxyl groups is 1. The van der Waals surface area contributed by atoms with Crippen LogP contribution in [0.25, 0.3) is 11.1 Å². The third-order valence-electron chi connectivity index (χ3n) is 4.07. The van der Waals surface area contributed by atoms with Gasteiger partial charge >= 0.3 is 0 Å². The molecule has 2 N–H and O–H groups in total. The first-order valence-corrected chi connectivity index (χ1v) is 7.43. The molecule has 2 nitrogen and oxygen atoms in total. The van der Waals surface area contributed by atoms with E-state index in [1.807, 2.05) is 12.1 Å². The van der Waals surface area contributed by atoms with Crippen molar-refractivity contribution in [2.45, 2.75) is 31.7 Å². The lowest BCUT2D eigenvalue weighted by atomic mass is 9.92. The maximum absolute atomic E-state index is 9.42. The Balaban J connectivity index is 1.85. The van der Waals surface area contributed by atoms with Crippen LogP contribution in [-0.2, 0) is 6.42 Å². The van der Waals surface area contributed by atoms with Crippen LogP contribution in [0.15, 0.2) is 48.5 Å². The average molecular weight is 267 g/mol. The van der Waals surface area contributed by atoms with Crippen LogP contribution in [0.4, 0.5) is 0 Å². The van der Waals surface area contributed by atoms with Gasteiger partial charge in [0.2, 0.25) is 0 Å². The topological polar surface area (TPSA) is 32.3 Å². The van der Waals surface area contributed by atoms with E-state index in [1.54, 1.807) is 12.1 Å². The Bertz CT molecular complexity index is 556. The van der Waals surface area contributed by atoms with Gasteiger partial charge in [-0.1, -0.05) is 42.8 Å². The first-order chi connectivity index (χ1) is 9.83. The van der Waals surface area contributed by atoms with Gasteiger partial charge in [-0.05, 0) is 54.6 Å². The number of benzene rings is 2. The molecule has 1 fully saturated rings. The Labute approximate surface area is 120 Å². The summed E-state index contributed by atoms with van der Waals surface area (Å²) in [5, 5.41) is 13.0. The second-order valence-electron chi connectivity index (χ2n) is 5.55. The van der Waals surface area contributed by atoms with Gasteiger partial charge in [0.25, 0.3) is 0 Å². The van der Waals surface area contributed by atoms with Gasteiger partial charge in [-0.25, -0.2) is 0 Å². The summed E-state index contributed by atoms with van der Waals surface area (Å²) < 4.78 is 0. The molecule has 2 aromatic carbocycles. The Morgan fingerprint density at radius 2 is 1.80 bits per heavy atom. The zero-order valence-electron chi connectivity index (χ0n) is 11.7. The molecule has 20 heavy (non-hydrogen) atoms. The van der Waals surface area contributed by atoms with E-state index in [0.717, 1.165) is 13.0 Å². The quantitative estimate of drug-likeness (QED) is 0.888. The minimum absolute atomic E-state index is 0.320. The molecule has 0 aliphatic carbocycles. The molecule has 0 saturated carbocycles. The van der Waals surface area contributed by atoms with Gasteiger partial charge in [-0.15, -0.1) is 0 Å². The molecule has 2 aromatic rings. The van der Waals surface area contributed by atoms with Crippen molar-refractivity contribution in [1.29, 1.82) is 0 Å². The molecule has 1 atom stereocenters. The van der Waals surface area contributed by atoms with E-state index >= 15 is 0 Å². The minimum Gasteiger partial charge on any atom is -0.508 e. The van der Waals surface area contributed by atoms with Gasteiger partial charge in [0.05, 0.1) is 0 Å². The van der Waals surface area contributed by atoms with Crippen molar-refractivity contribution in [1.82, 2.24) is 5.32 Å². The number of phenols is 1. The lowest BCUT2D eigenvalue weighted by molar-refractivity contribution is 0.399. The van der Waals surface area contributed by atoms with Crippen LogP contribution in [0.5, 0.6) is 5.75 Å². The smallest absolute Gasteiger partial charge is 0.115 e. The summed E-state index contributed by atoms with van der Waals surface area (Å²) in [6, 6.07) is 16.7. The summed E-state index contributed by atoms with van der Waals surface area (Å²) in [6.07, 6.45) is 4.98. The van der Waals surface area contributed by atoms with Gasteiger partial charge in [0.15, 0.2) is 0 Å². The van der Waals surface area contributed by atoms with Crippen LogP contribution in [0.2, 0.25) is 0 Å². The normalized spacial score (nSPS) is 18.9. The highest BCUT2D eigenvalue weighted by Gasteiger charge is 2.15. The SMILES string of the molecule is Oc1ccc(-c2ccccc2CC2CCCCN2)cc1. The van der Waals surface area contributed by atoms with Gasteiger partial charge in [0.1, 0.15) is 5.75 Å². The summed E-state index contributed by atoms with van der Waals surface area (Å²) in [7, 11) is 0. The molecule has 0 amide bonds. The van der Waals surface area contributed by atoms with Crippen LogP contribution in [-0.4, -0.2) is 17.7 Å². The van der Waals surface area contributed by atoms with E-state index in [0.29, 0.717) is 11.8 Å². The van der Waals surface area contributed by atoms with Crippen molar-refractivity contribution in [2.24, 2.45) is 0 Å². The first-order valence-electron chi connectivity index (χ1n) is 7.43. The molecule has 1 saturated heterocycles. The molecule has 1 unspecified atom stereocenters. The fraction of sp³-hybridized carbons (Fsp3) is 0.333. The second kappa shape index (κ2) is 6.10. The third-order valence-corrected chi connectivity index (χ3v) is 4.07. The number of nitrogens with one attached hydrogen (secondary N) is 1. The molecule has 0 radical (unpaired) electrons. The zero-order chi connectivity index (χ0) is 13.8. The summed E-state index contributed by atoms with van der Waals surface area (Å²) in [6.45, 7) is 1.14. The van der Waals surface area contributed by atoms with E-state index in [-0.39, 0.29) is 0 Å². The molecule has 0 aromatic heterocycles. The molecule has 3 rings (SSSR count). The van der Waals surface area contributed by atoms with Gasteiger partial charge in [-0.2, -0.15) is 0 Å². The average Bonchev–Trinajstić information content (AvgIpc) is 2.50. The predicted molar refractivity (Wildman–Crippen MR) is 82.9 cm³/mol. The van der Waals surface area contributed by atoms with Crippen molar-refractivity contribution in [3.63, 3.8) is 0 Å². The van der Waals surface area contributed by atoms with Gasteiger partial charge < -0.3 is 10.4 Å². The highest BCUT2D eigenvalue weighted by Crippen LogP contribution is 2.27. The largest absolute Gasteiger partial charge is 0.508 e. The summed E-state index contributed by atoms with van der Waals surface area (Å²) in [5.74, 6) is 0.320. The van der Waals surface area contributed by atoms with E-state index in [4.69, 9.17) is 0 Å². The Morgan fingerprint density at radius 3 is 2.55 bits per heavy atom. The van der Waals surface area contributed by atoms with Crippen LogP contribution < -0.4 is 5.32 Å². The summed E-state index contributed by atoms with van der Waals surface area (Å²) in [4.78, 5) is 0. The number of hydrogen-bond donors (Lipinski definition) is 2. The molecule has 0 spiro atoms. The monoisotopic (exact) mass is 267 g/mol. The number of piperidine rings is 1. The maximum atomic E-state index is 9.42. The molecule has 1 aliphatic rings. The van der Waals surface area contributed by atoms with Gasteiger partial charge in [0, 0.05) is 6.04 Å². The number of phenolic OH excluding ortho intramolecular Hbond substituents is 1. The molecular formula is C18H21NO. The molecular weight excluding hydrogens is 246 g/mol. The van der Waals surface area contributed by atoms with Crippen LogP contribution in [0.3, 0.4) is 0 Å². The molecule has 2 heteroatoms. The molecule has 0 bridgehead atoms. The van der Waals surface area contributed by atoms with Crippen molar-refractivity contribution in [3.8, 4) is 16.9 Å². The third kappa shape index (κ3) is 3.02. The predicted octanol–water partition coefficient (Wildman–Crippen LogP) is 3.74. The van der Waals surface area contributed by atoms with Crippen LogP contribution in [0, 0.1) is 0 Å². The number of hydrogen-bond acceptors (Lipinski definition) is 2. The van der Waals surface area contributed by atoms with E-state index in [2.05, 4.69) is 29.6 Å². The molecule has 104 valence electrons. The zero-order valence-corrected chi connectivity index (χ0v) is 11.7. The van der Waals surface area contributed by atoms with Crippen molar-refractivity contribution < 1.29 is 5.11 Å². The Morgan fingerprint density at radius 1 is 1.00 bits per heavy atom. The van der Waals surface area contributed by atoms with Crippen molar-refractivity contribution >= 4 is 0 Å². The first kappa shape index (κ1) is 13.2. The fourth-order valence-electron chi connectivity index (χ4n) is 2.98. The van der Waals surface area contributed by atoms with E-state index in [9.17, 15) is 5.11 Å². The Kier molecular flexibility index (Phi) is 4.03. The fourth-order valence-corrected chi connectivity index (χ4v) is 2.98. The van der Waals surface area contributed by atoms with Crippen molar-refractivity contribution in [3.05, 3.63) is 54.1 Å². The summed E-state index contributed by atoms with van der Waals surface area (Å²) >= 11 is 0. The number of rotatable bonds is 3. The summed E-state index contributed by atoms with van der Waals surface area (Å²) in [5.41, 5.74) is 3.84. The van der Waals surface area contributed by atoms with Crippen LogP contribution in [0.1, 0.15) is 24.8 Å². The Hall–Kier alpha value is -1.80. The lowest BCUT2D eigenvalue weighted by Crippen LogP contribution is -2.35. The minimum atomic E-state index is 0.320. The van der Waals surface area contributed by atoms with Crippen molar-refractivity contribution in [2.75, 3.05) is 6.54 Å².